The fraction of sp³-hybridized carbons (Fsp3) is 0.692. The lowest BCUT2D eigenvalue weighted by Gasteiger charge is -2.21. The Morgan fingerprint density at radius 2 is 1.88 bits per heavy atom. The van der Waals surface area contributed by atoms with Crippen LogP contribution >= 0.6 is 0 Å². The van der Waals surface area contributed by atoms with Gasteiger partial charge in [-0.1, -0.05) is 32.1 Å². The molecule has 0 amide bonds. The molecule has 0 spiro atoms. The van der Waals surface area contributed by atoms with Gasteiger partial charge in [0.05, 0.1) is 0 Å². The van der Waals surface area contributed by atoms with Crippen LogP contribution in [0.3, 0.4) is 0 Å². The summed E-state index contributed by atoms with van der Waals surface area (Å²) in [7, 11) is 0. The molecule has 1 aromatic rings. The molecule has 0 bridgehead atoms. The van der Waals surface area contributed by atoms with Gasteiger partial charge < -0.3 is 5.32 Å². The summed E-state index contributed by atoms with van der Waals surface area (Å²) in [6.45, 7) is 3.01. The average molecular weight is 219 g/mol. The highest BCUT2D eigenvalue weighted by Crippen LogP contribution is 2.25. The highest BCUT2D eigenvalue weighted by Gasteiger charge is 2.12. The van der Waals surface area contributed by atoms with Gasteiger partial charge in [0.2, 0.25) is 5.95 Å². The van der Waals surface area contributed by atoms with Crippen LogP contribution in [0.25, 0.3) is 0 Å². The van der Waals surface area contributed by atoms with Gasteiger partial charge in [0.15, 0.2) is 0 Å². The molecule has 1 fully saturated rings. The zero-order valence-electron chi connectivity index (χ0n) is 10.1. The van der Waals surface area contributed by atoms with Crippen LogP contribution < -0.4 is 5.32 Å². The molecule has 0 aromatic carbocycles. The molecule has 16 heavy (non-hydrogen) atoms. The molecule has 1 aliphatic carbocycles. The lowest BCUT2D eigenvalue weighted by molar-refractivity contribution is 0.345. The highest BCUT2D eigenvalue weighted by atomic mass is 15.1. The lowest BCUT2D eigenvalue weighted by Crippen LogP contribution is -2.13. The fourth-order valence-electron chi connectivity index (χ4n) is 2.35. The van der Waals surface area contributed by atoms with Gasteiger partial charge in [0.1, 0.15) is 0 Å². The predicted molar refractivity (Wildman–Crippen MR) is 66.5 cm³/mol. The molecule has 3 heteroatoms. The van der Waals surface area contributed by atoms with E-state index in [-0.39, 0.29) is 0 Å². The van der Waals surface area contributed by atoms with Crippen LogP contribution in [0.5, 0.6) is 0 Å². The summed E-state index contributed by atoms with van der Waals surface area (Å²) in [6.07, 6.45) is 12.1. The Labute approximate surface area is 97.7 Å². The maximum Gasteiger partial charge on any atom is 0.222 e. The van der Waals surface area contributed by atoms with Crippen molar-refractivity contribution in [1.82, 2.24) is 9.97 Å². The highest BCUT2D eigenvalue weighted by molar-refractivity contribution is 5.23. The summed E-state index contributed by atoms with van der Waals surface area (Å²) in [6, 6.07) is 0. The largest absolute Gasteiger partial charge is 0.354 e. The molecule has 1 heterocycles. The van der Waals surface area contributed by atoms with Gasteiger partial charge in [0, 0.05) is 18.9 Å². The van der Waals surface area contributed by atoms with Gasteiger partial charge in [-0.25, -0.2) is 9.97 Å². The summed E-state index contributed by atoms with van der Waals surface area (Å²) in [5.41, 5.74) is 1.11. The average Bonchev–Trinajstić information content (AvgIpc) is 2.33. The predicted octanol–water partition coefficient (Wildman–Crippen LogP) is 3.17. The second kappa shape index (κ2) is 5.83. The van der Waals surface area contributed by atoms with Crippen LogP contribution in [-0.2, 0) is 0 Å². The monoisotopic (exact) mass is 219 g/mol. The van der Waals surface area contributed by atoms with Crippen LogP contribution in [0.4, 0.5) is 5.95 Å². The maximum atomic E-state index is 4.24. The van der Waals surface area contributed by atoms with Gasteiger partial charge >= 0.3 is 0 Å². The van der Waals surface area contributed by atoms with Crippen LogP contribution in [0.2, 0.25) is 0 Å². The number of hydrogen-bond donors (Lipinski definition) is 1. The normalized spacial score (nSPS) is 17.3. The summed E-state index contributed by atoms with van der Waals surface area (Å²) < 4.78 is 0. The maximum absolute atomic E-state index is 4.24. The third-order valence-corrected chi connectivity index (χ3v) is 3.34. The second-order valence-electron chi connectivity index (χ2n) is 4.80. The molecule has 0 aliphatic heterocycles. The number of nitrogens with one attached hydrogen (secondary N) is 1. The van der Waals surface area contributed by atoms with Gasteiger partial charge in [-0.15, -0.1) is 0 Å². The summed E-state index contributed by atoms with van der Waals surface area (Å²) in [5, 5.41) is 3.30. The Bertz CT molecular complexity index is 301. The van der Waals surface area contributed by atoms with E-state index < -0.39 is 0 Å². The third kappa shape index (κ3) is 3.47. The summed E-state index contributed by atoms with van der Waals surface area (Å²) in [5.74, 6) is 1.69. The minimum absolute atomic E-state index is 0.765. The molecule has 0 atom stereocenters. The first-order valence-corrected chi connectivity index (χ1v) is 6.37. The number of rotatable bonds is 4. The number of aromatic nitrogens is 2. The third-order valence-electron chi connectivity index (χ3n) is 3.34. The minimum atomic E-state index is 0.765. The first kappa shape index (κ1) is 11.4. The number of aryl methyl sites for hydroxylation is 1. The molecular formula is C13H21N3. The molecule has 0 saturated heterocycles. The zero-order chi connectivity index (χ0) is 11.2. The van der Waals surface area contributed by atoms with Crippen LogP contribution in [0.1, 0.15) is 44.1 Å². The Morgan fingerprint density at radius 1 is 1.19 bits per heavy atom. The van der Waals surface area contributed by atoms with Crippen molar-refractivity contribution in [3.63, 3.8) is 0 Å². The smallest absolute Gasteiger partial charge is 0.222 e. The van der Waals surface area contributed by atoms with E-state index >= 15 is 0 Å². The van der Waals surface area contributed by atoms with Crippen molar-refractivity contribution < 1.29 is 0 Å². The van der Waals surface area contributed by atoms with E-state index in [0.717, 1.165) is 24.0 Å². The summed E-state index contributed by atoms with van der Waals surface area (Å²) in [4.78, 5) is 8.48. The van der Waals surface area contributed by atoms with Crippen molar-refractivity contribution in [1.29, 1.82) is 0 Å². The first-order chi connectivity index (χ1) is 7.84. The number of anilines is 1. The second-order valence-corrected chi connectivity index (χ2v) is 4.80. The molecule has 1 aliphatic rings. The van der Waals surface area contributed by atoms with E-state index in [0.29, 0.717) is 0 Å². The van der Waals surface area contributed by atoms with E-state index in [1.807, 2.05) is 19.3 Å². The number of hydrogen-bond acceptors (Lipinski definition) is 3. The van der Waals surface area contributed by atoms with Crippen molar-refractivity contribution in [2.24, 2.45) is 5.92 Å². The van der Waals surface area contributed by atoms with Crippen molar-refractivity contribution in [2.45, 2.75) is 45.4 Å². The molecule has 1 N–H and O–H groups in total. The quantitative estimate of drug-likeness (QED) is 0.845. The molecule has 0 unspecified atom stereocenters. The summed E-state index contributed by atoms with van der Waals surface area (Å²) >= 11 is 0. The molecule has 88 valence electrons. The molecule has 1 saturated carbocycles. The fourth-order valence-corrected chi connectivity index (χ4v) is 2.35. The van der Waals surface area contributed by atoms with E-state index in [2.05, 4.69) is 15.3 Å². The Kier molecular flexibility index (Phi) is 4.14. The van der Waals surface area contributed by atoms with Crippen molar-refractivity contribution in [3.05, 3.63) is 18.0 Å². The van der Waals surface area contributed by atoms with Gasteiger partial charge in [-0.2, -0.15) is 0 Å². The Hall–Kier alpha value is -1.12. The van der Waals surface area contributed by atoms with E-state index in [1.165, 1.54) is 38.5 Å². The molecule has 2 rings (SSSR count). The van der Waals surface area contributed by atoms with E-state index in [1.54, 1.807) is 0 Å². The Morgan fingerprint density at radius 3 is 2.56 bits per heavy atom. The van der Waals surface area contributed by atoms with Crippen LogP contribution in [-0.4, -0.2) is 16.5 Å². The van der Waals surface area contributed by atoms with Crippen molar-refractivity contribution >= 4 is 5.95 Å². The zero-order valence-corrected chi connectivity index (χ0v) is 10.1. The van der Waals surface area contributed by atoms with Crippen LogP contribution in [0.15, 0.2) is 12.4 Å². The van der Waals surface area contributed by atoms with Crippen molar-refractivity contribution in [3.8, 4) is 0 Å². The Balaban J connectivity index is 1.69. The van der Waals surface area contributed by atoms with Crippen molar-refractivity contribution in [2.75, 3.05) is 11.9 Å². The van der Waals surface area contributed by atoms with Gasteiger partial charge in [0.25, 0.3) is 0 Å². The van der Waals surface area contributed by atoms with E-state index in [4.69, 9.17) is 0 Å². The SMILES string of the molecule is Cc1cnc(NCCC2CCCCC2)nc1. The van der Waals surface area contributed by atoms with E-state index in [9.17, 15) is 0 Å². The van der Waals surface area contributed by atoms with Gasteiger partial charge in [-0.3, -0.25) is 0 Å². The molecule has 0 radical (unpaired) electrons. The molecule has 3 nitrogen and oxygen atoms in total. The standard InChI is InChI=1S/C13H21N3/c1-11-9-15-13(16-10-11)14-8-7-12-5-3-2-4-6-12/h9-10,12H,2-8H2,1H3,(H,14,15,16). The number of nitrogens with zero attached hydrogens (tertiary/aromatic N) is 2. The minimum Gasteiger partial charge on any atom is -0.354 e. The molecule has 1 aromatic heterocycles. The lowest BCUT2D eigenvalue weighted by atomic mass is 9.87. The molecular weight excluding hydrogens is 198 g/mol. The first-order valence-electron chi connectivity index (χ1n) is 6.37. The van der Waals surface area contributed by atoms with Crippen LogP contribution in [0, 0.1) is 12.8 Å². The topological polar surface area (TPSA) is 37.8 Å². The van der Waals surface area contributed by atoms with Gasteiger partial charge in [-0.05, 0) is 24.8 Å².